The molecule has 0 amide bonds. The molecular formula is C11H12BrN3S. The Kier molecular flexibility index (Phi) is 3.56. The van der Waals surface area contributed by atoms with Gasteiger partial charge in [-0.2, -0.15) is 0 Å². The first-order chi connectivity index (χ1) is 7.65. The van der Waals surface area contributed by atoms with E-state index in [1.54, 1.807) is 11.3 Å². The molecule has 0 aromatic carbocycles. The first-order valence-electron chi connectivity index (χ1n) is 4.93. The van der Waals surface area contributed by atoms with Crippen molar-refractivity contribution in [1.29, 1.82) is 0 Å². The highest BCUT2D eigenvalue weighted by Crippen LogP contribution is 2.17. The van der Waals surface area contributed by atoms with Gasteiger partial charge in [0.2, 0.25) is 0 Å². The number of rotatable bonds is 3. The van der Waals surface area contributed by atoms with Crippen LogP contribution in [0.25, 0.3) is 0 Å². The second-order valence-corrected chi connectivity index (χ2v) is 5.30. The molecule has 0 spiro atoms. The van der Waals surface area contributed by atoms with E-state index in [1.165, 1.54) is 0 Å². The van der Waals surface area contributed by atoms with E-state index in [9.17, 15) is 0 Å². The van der Waals surface area contributed by atoms with Crippen molar-refractivity contribution in [3.63, 3.8) is 0 Å². The maximum absolute atomic E-state index is 4.41. The van der Waals surface area contributed by atoms with Gasteiger partial charge in [0.1, 0.15) is 10.8 Å². The van der Waals surface area contributed by atoms with Gasteiger partial charge in [0.05, 0.1) is 12.2 Å². The van der Waals surface area contributed by atoms with E-state index in [2.05, 4.69) is 36.6 Å². The number of hydrogen-bond acceptors (Lipinski definition) is 4. The summed E-state index contributed by atoms with van der Waals surface area (Å²) in [6, 6.07) is 3.95. The van der Waals surface area contributed by atoms with Crippen LogP contribution in [0.1, 0.15) is 16.4 Å². The number of nitrogens with one attached hydrogen (secondary N) is 1. The van der Waals surface area contributed by atoms with Crippen molar-refractivity contribution < 1.29 is 0 Å². The second kappa shape index (κ2) is 4.93. The van der Waals surface area contributed by atoms with E-state index in [0.29, 0.717) is 0 Å². The summed E-state index contributed by atoms with van der Waals surface area (Å²) in [6.07, 6.45) is 0. The number of aromatic nitrogens is 2. The van der Waals surface area contributed by atoms with Crippen LogP contribution in [0, 0.1) is 13.8 Å². The van der Waals surface area contributed by atoms with Gasteiger partial charge in [-0.25, -0.2) is 9.97 Å². The highest BCUT2D eigenvalue weighted by atomic mass is 79.9. The van der Waals surface area contributed by atoms with E-state index >= 15 is 0 Å². The number of halogens is 1. The fourth-order valence-electron chi connectivity index (χ4n) is 1.29. The Labute approximate surface area is 107 Å². The van der Waals surface area contributed by atoms with Crippen LogP contribution in [0.15, 0.2) is 22.0 Å². The van der Waals surface area contributed by atoms with Gasteiger partial charge in [0.25, 0.3) is 0 Å². The lowest BCUT2D eigenvalue weighted by molar-refractivity contribution is 1.05. The third-order valence-corrected chi connectivity index (χ3v) is 3.91. The quantitative estimate of drug-likeness (QED) is 0.942. The minimum Gasteiger partial charge on any atom is -0.364 e. The summed E-state index contributed by atoms with van der Waals surface area (Å²) in [6.45, 7) is 4.71. The minimum absolute atomic E-state index is 0.729. The lowest BCUT2D eigenvalue weighted by Gasteiger charge is -2.05. The molecule has 2 aromatic rings. The Balaban J connectivity index is 2.02. The normalized spacial score (nSPS) is 10.4. The molecular weight excluding hydrogens is 286 g/mol. The van der Waals surface area contributed by atoms with Crippen molar-refractivity contribution in [2.45, 2.75) is 20.4 Å². The zero-order valence-corrected chi connectivity index (χ0v) is 11.5. The smallest absolute Gasteiger partial charge is 0.126 e. The van der Waals surface area contributed by atoms with Crippen molar-refractivity contribution in [2.24, 2.45) is 0 Å². The highest BCUT2D eigenvalue weighted by Gasteiger charge is 2.01. The average molecular weight is 298 g/mol. The lowest BCUT2D eigenvalue weighted by Crippen LogP contribution is -2.01. The molecule has 0 unspecified atom stereocenters. The summed E-state index contributed by atoms with van der Waals surface area (Å²) >= 11 is 5.09. The number of anilines is 1. The number of aryl methyl sites for hydroxylation is 2. The number of nitrogens with zero attached hydrogens (tertiary/aromatic N) is 2. The van der Waals surface area contributed by atoms with E-state index in [1.807, 2.05) is 26.0 Å². The van der Waals surface area contributed by atoms with Gasteiger partial charge in [-0.15, -0.1) is 11.3 Å². The van der Waals surface area contributed by atoms with E-state index < -0.39 is 0 Å². The Morgan fingerprint density at radius 1 is 1.31 bits per heavy atom. The van der Waals surface area contributed by atoms with Crippen LogP contribution >= 0.6 is 27.3 Å². The molecule has 5 heteroatoms. The molecule has 0 aliphatic heterocycles. The molecule has 2 aromatic heterocycles. The van der Waals surface area contributed by atoms with Gasteiger partial charge >= 0.3 is 0 Å². The van der Waals surface area contributed by atoms with Gasteiger partial charge in [-0.1, -0.05) is 0 Å². The topological polar surface area (TPSA) is 37.8 Å². The monoisotopic (exact) mass is 297 g/mol. The average Bonchev–Trinajstić information content (AvgIpc) is 2.66. The molecule has 0 fully saturated rings. The summed E-state index contributed by atoms with van der Waals surface area (Å²) in [5, 5.41) is 6.39. The molecule has 84 valence electrons. The van der Waals surface area contributed by atoms with Crippen LogP contribution in [-0.4, -0.2) is 9.97 Å². The predicted octanol–water partition coefficient (Wildman–Crippen LogP) is 3.53. The lowest BCUT2D eigenvalue weighted by atomic mass is 10.4. The van der Waals surface area contributed by atoms with Crippen LogP contribution in [0.2, 0.25) is 0 Å². The van der Waals surface area contributed by atoms with Crippen molar-refractivity contribution in [3.05, 3.63) is 38.4 Å². The molecule has 0 atom stereocenters. The minimum atomic E-state index is 0.729. The zero-order chi connectivity index (χ0) is 11.5. The van der Waals surface area contributed by atoms with Crippen molar-refractivity contribution in [3.8, 4) is 0 Å². The van der Waals surface area contributed by atoms with Crippen molar-refractivity contribution in [1.82, 2.24) is 9.97 Å². The maximum Gasteiger partial charge on any atom is 0.126 e. The molecule has 0 saturated carbocycles. The summed E-state index contributed by atoms with van der Waals surface area (Å²) in [7, 11) is 0. The molecule has 1 N–H and O–H groups in total. The van der Waals surface area contributed by atoms with Crippen LogP contribution in [0.5, 0.6) is 0 Å². The number of pyridine rings is 1. The predicted molar refractivity (Wildman–Crippen MR) is 70.9 cm³/mol. The van der Waals surface area contributed by atoms with E-state index in [4.69, 9.17) is 0 Å². The Morgan fingerprint density at radius 2 is 2.12 bits per heavy atom. The van der Waals surface area contributed by atoms with Gasteiger partial charge in [0, 0.05) is 15.5 Å². The molecule has 2 heterocycles. The third-order valence-electron chi connectivity index (χ3n) is 2.11. The number of thiazole rings is 1. The van der Waals surface area contributed by atoms with Crippen LogP contribution in [0.3, 0.4) is 0 Å². The summed E-state index contributed by atoms with van der Waals surface area (Å²) < 4.78 is 1.03. The van der Waals surface area contributed by atoms with Crippen molar-refractivity contribution in [2.75, 3.05) is 5.32 Å². The van der Waals surface area contributed by atoms with Crippen molar-refractivity contribution >= 4 is 33.1 Å². The zero-order valence-electron chi connectivity index (χ0n) is 9.12. The second-order valence-electron chi connectivity index (χ2n) is 3.50. The highest BCUT2D eigenvalue weighted by molar-refractivity contribution is 9.10. The SMILES string of the molecule is Cc1csc(CNc2ccc(Br)c(C)n2)n1. The molecule has 0 aliphatic carbocycles. The standard InChI is InChI=1S/C11H12BrN3S/c1-7-6-16-11(14-7)5-13-10-4-3-9(12)8(2)15-10/h3-4,6H,5H2,1-2H3,(H,13,15). The first-order valence-corrected chi connectivity index (χ1v) is 6.60. The van der Waals surface area contributed by atoms with E-state index in [0.717, 1.165) is 33.2 Å². The van der Waals surface area contributed by atoms with Gasteiger partial charge in [-0.05, 0) is 41.9 Å². The van der Waals surface area contributed by atoms with Crippen LogP contribution in [-0.2, 0) is 6.54 Å². The summed E-state index contributed by atoms with van der Waals surface area (Å²) in [4.78, 5) is 8.80. The van der Waals surface area contributed by atoms with Gasteiger partial charge in [-0.3, -0.25) is 0 Å². The number of hydrogen-bond donors (Lipinski definition) is 1. The van der Waals surface area contributed by atoms with Gasteiger partial charge in [0.15, 0.2) is 0 Å². The Hall–Kier alpha value is -0.940. The molecule has 0 bridgehead atoms. The molecule has 2 rings (SSSR count). The molecule has 0 radical (unpaired) electrons. The summed E-state index contributed by atoms with van der Waals surface area (Å²) in [5.41, 5.74) is 2.06. The Bertz CT molecular complexity index is 496. The molecule has 3 nitrogen and oxygen atoms in total. The molecule has 0 saturated heterocycles. The summed E-state index contributed by atoms with van der Waals surface area (Å²) in [5.74, 6) is 0.883. The third kappa shape index (κ3) is 2.80. The fourth-order valence-corrected chi connectivity index (χ4v) is 2.22. The van der Waals surface area contributed by atoms with E-state index in [-0.39, 0.29) is 0 Å². The Morgan fingerprint density at radius 3 is 2.75 bits per heavy atom. The maximum atomic E-state index is 4.41. The fraction of sp³-hybridized carbons (Fsp3) is 0.273. The van der Waals surface area contributed by atoms with Crippen LogP contribution in [0.4, 0.5) is 5.82 Å². The molecule has 0 aliphatic rings. The first kappa shape index (κ1) is 11.5. The molecule has 16 heavy (non-hydrogen) atoms. The largest absolute Gasteiger partial charge is 0.364 e. The van der Waals surface area contributed by atoms with Gasteiger partial charge < -0.3 is 5.32 Å². The van der Waals surface area contributed by atoms with Crippen LogP contribution < -0.4 is 5.32 Å².